The zero-order chi connectivity index (χ0) is 7.82. The molecule has 0 unspecified atom stereocenters. The summed E-state index contributed by atoms with van der Waals surface area (Å²) in [4.78, 5) is 10.6. The molecule has 0 rings (SSSR count). The number of hydrogen-bond donors (Lipinski definition) is 0. The Morgan fingerprint density at radius 1 is 1.70 bits per heavy atom. The lowest BCUT2D eigenvalue weighted by molar-refractivity contribution is -0.137. The van der Waals surface area contributed by atoms with Crippen LogP contribution in [0.5, 0.6) is 0 Å². The van der Waals surface area contributed by atoms with Crippen LogP contribution in [-0.4, -0.2) is 18.5 Å². The van der Waals surface area contributed by atoms with Crippen molar-refractivity contribution in [3.05, 3.63) is 12.2 Å². The lowest BCUT2D eigenvalue weighted by Crippen LogP contribution is -1.98. The van der Waals surface area contributed by atoms with E-state index in [0.717, 1.165) is 0 Å². The van der Waals surface area contributed by atoms with Crippen LogP contribution in [0.15, 0.2) is 12.2 Å². The fraction of sp³-hybridized carbons (Fsp3) is 0.571. The molecule has 0 spiro atoms. The summed E-state index contributed by atoms with van der Waals surface area (Å²) in [6, 6.07) is 0. The maximum Gasteiger partial charge on any atom is 0.330 e. The molecular weight excluding hydrogens is 152 g/mol. The molecule has 0 saturated carbocycles. The first-order valence-electron chi connectivity index (χ1n) is 3.20. The summed E-state index contributed by atoms with van der Waals surface area (Å²) in [5, 5.41) is 0. The molecule has 0 heterocycles. The van der Waals surface area contributed by atoms with E-state index in [9.17, 15) is 4.79 Å². The van der Waals surface area contributed by atoms with Gasteiger partial charge in [0.25, 0.3) is 0 Å². The minimum atomic E-state index is -0.299. The maximum atomic E-state index is 10.6. The second kappa shape index (κ2) is 6.62. The van der Waals surface area contributed by atoms with Gasteiger partial charge in [0.15, 0.2) is 0 Å². The number of carbonyl (C=O) groups excluding carboxylic acids is 1. The highest BCUT2D eigenvalue weighted by molar-refractivity contribution is 6.17. The van der Waals surface area contributed by atoms with Crippen molar-refractivity contribution in [1.29, 1.82) is 0 Å². The summed E-state index contributed by atoms with van der Waals surface area (Å²) in [7, 11) is 0. The van der Waals surface area contributed by atoms with Crippen LogP contribution in [0.2, 0.25) is 0 Å². The second-order valence-electron chi connectivity index (χ2n) is 1.63. The third-order valence-corrected chi connectivity index (χ3v) is 1.03. The van der Waals surface area contributed by atoms with E-state index in [0.29, 0.717) is 18.9 Å². The Morgan fingerprint density at radius 2 is 2.40 bits per heavy atom. The molecule has 0 aliphatic carbocycles. The highest BCUT2D eigenvalue weighted by Crippen LogP contribution is 1.87. The lowest BCUT2D eigenvalue weighted by atomic mass is 10.4. The van der Waals surface area contributed by atoms with Crippen LogP contribution in [0.4, 0.5) is 0 Å². The standard InChI is InChI=1S/C7H11ClO2/c1-2-10-7(9)5-3-4-6-8/h3,5H,2,4,6H2,1H3/b5-3-. The molecule has 0 aromatic carbocycles. The third kappa shape index (κ3) is 5.63. The van der Waals surface area contributed by atoms with Gasteiger partial charge in [-0.15, -0.1) is 11.6 Å². The topological polar surface area (TPSA) is 26.3 Å². The molecule has 3 heteroatoms. The lowest BCUT2D eigenvalue weighted by Gasteiger charge is -1.92. The van der Waals surface area contributed by atoms with E-state index in [2.05, 4.69) is 4.74 Å². The van der Waals surface area contributed by atoms with Crippen molar-refractivity contribution in [1.82, 2.24) is 0 Å². The smallest absolute Gasteiger partial charge is 0.330 e. The number of allylic oxidation sites excluding steroid dienone is 1. The fourth-order valence-corrected chi connectivity index (χ4v) is 0.559. The normalized spacial score (nSPS) is 10.2. The van der Waals surface area contributed by atoms with Crippen molar-refractivity contribution >= 4 is 17.6 Å². The van der Waals surface area contributed by atoms with E-state index < -0.39 is 0 Å². The van der Waals surface area contributed by atoms with Crippen LogP contribution >= 0.6 is 11.6 Å². The Balaban J connectivity index is 3.36. The van der Waals surface area contributed by atoms with E-state index >= 15 is 0 Å². The highest BCUT2D eigenvalue weighted by atomic mass is 35.5. The van der Waals surface area contributed by atoms with Crippen LogP contribution < -0.4 is 0 Å². The molecule has 2 nitrogen and oxygen atoms in total. The first-order valence-corrected chi connectivity index (χ1v) is 3.74. The number of hydrogen-bond acceptors (Lipinski definition) is 2. The van der Waals surface area contributed by atoms with E-state index in [-0.39, 0.29) is 5.97 Å². The van der Waals surface area contributed by atoms with Gasteiger partial charge >= 0.3 is 5.97 Å². The first-order chi connectivity index (χ1) is 4.81. The quantitative estimate of drug-likeness (QED) is 0.358. The summed E-state index contributed by atoms with van der Waals surface area (Å²) in [6.45, 7) is 2.19. The minimum Gasteiger partial charge on any atom is -0.463 e. The van der Waals surface area contributed by atoms with Crippen LogP contribution in [-0.2, 0) is 9.53 Å². The van der Waals surface area contributed by atoms with Crippen molar-refractivity contribution in [2.45, 2.75) is 13.3 Å². The summed E-state index contributed by atoms with van der Waals surface area (Å²) >= 11 is 5.36. The molecule has 0 aliphatic rings. The van der Waals surface area contributed by atoms with Crippen LogP contribution in [0.3, 0.4) is 0 Å². The molecule has 58 valence electrons. The SMILES string of the molecule is CCOC(=O)/C=C\CCCl. The Morgan fingerprint density at radius 3 is 2.90 bits per heavy atom. The molecule has 0 atom stereocenters. The molecule has 0 saturated heterocycles. The van der Waals surface area contributed by atoms with Gasteiger partial charge in [-0.1, -0.05) is 6.08 Å². The zero-order valence-electron chi connectivity index (χ0n) is 5.97. The Hall–Kier alpha value is -0.500. The fourth-order valence-electron chi connectivity index (χ4n) is 0.433. The van der Waals surface area contributed by atoms with E-state index in [4.69, 9.17) is 11.6 Å². The van der Waals surface area contributed by atoms with Crippen molar-refractivity contribution in [3.8, 4) is 0 Å². The number of rotatable bonds is 4. The van der Waals surface area contributed by atoms with Gasteiger partial charge in [0.1, 0.15) is 0 Å². The van der Waals surface area contributed by atoms with Gasteiger partial charge in [-0.05, 0) is 13.3 Å². The number of alkyl halides is 1. The monoisotopic (exact) mass is 162 g/mol. The van der Waals surface area contributed by atoms with Gasteiger partial charge in [0.05, 0.1) is 6.61 Å². The van der Waals surface area contributed by atoms with Gasteiger partial charge < -0.3 is 4.74 Å². The van der Waals surface area contributed by atoms with E-state index in [1.165, 1.54) is 6.08 Å². The zero-order valence-corrected chi connectivity index (χ0v) is 6.73. The number of esters is 1. The number of ether oxygens (including phenoxy) is 1. The van der Waals surface area contributed by atoms with Gasteiger partial charge in [0, 0.05) is 12.0 Å². The first kappa shape index (κ1) is 9.50. The van der Waals surface area contributed by atoms with E-state index in [1.807, 2.05) is 0 Å². The van der Waals surface area contributed by atoms with Crippen molar-refractivity contribution in [2.24, 2.45) is 0 Å². The average Bonchev–Trinajstić information content (AvgIpc) is 1.89. The summed E-state index contributed by atoms with van der Waals surface area (Å²) in [5.41, 5.74) is 0. The van der Waals surface area contributed by atoms with Crippen molar-refractivity contribution in [3.63, 3.8) is 0 Å². The number of carbonyl (C=O) groups is 1. The van der Waals surface area contributed by atoms with Crippen molar-refractivity contribution in [2.75, 3.05) is 12.5 Å². The molecule has 0 bridgehead atoms. The Labute approximate surface area is 65.8 Å². The molecule has 0 aromatic heterocycles. The molecule has 10 heavy (non-hydrogen) atoms. The van der Waals surface area contributed by atoms with Crippen LogP contribution in [0, 0.1) is 0 Å². The maximum absolute atomic E-state index is 10.6. The predicted octanol–water partition coefficient (Wildman–Crippen LogP) is 1.73. The molecule has 0 aromatic rings. The van der Waals surface area contributed by atoms with Gasteiger partial charge in [0.2, 0.25) is 0 Å². The summed E-state index contributed by atoms with van der Waals surface area (Å²) < 4.78 is 4.62. The summed E-state index contributed by atoms with van der Waals surface area (Å²) in [5.74, 6) is 0.239. The van der Waals surface area contributed by atoms with Crippen molar-refractivity contribution < 1.29 is 9.53 Å². The van der Waals surface area contributed by atoms with Gasteiger partial charge in [-0.25, -0.2) is 4.79 Å². The second-order valence-corrected chi connectivity index (χ2v) is 2.01. The molecule has 0 aliphatic heterocycles. The molecule has 0 N–H and O–H groups in total. The molecule has 0 fully saturated rings. The van der Waals surface area contributed by atoms with E-state index in [1.54, 1.807) is 13.0 Å². The minimum absolute atomic E-state index is 0.299. The van der Waals surface area contributed by atoms with Gasteiger partial charge in [-0.3, -0.25) is 0 Å². The predicted molar refractivity (Wildman–Crippen MR) is 41.1 cm³/mol. The largest absolute Gasteiger partial charge is 0.463 e. The molecule has 0 amide bonds. The Kier molecular flexibility index (Phi) is 6.29. The number of halogens is 1. The van der Waals surface area contributed by atoms with Crippen LogP contribution in [0.1, 0.15) is 13.3 Å². The third-order valence-electron chi connectivity index (χ3n) is 0.816. The molecular formula is C7H11ClO2. The summed E-state index contributed by atoms with van der Waals surface area (Å²) in [6.07, 6.45) is 3.80. The van der Waals surface area contributed by atoms with Crippen LogP contribution in [0.25, 0.3) is 0 Å². The Bertz CT molecular complexity index is 121. The van der Waals surface area contributed by atoms with Gasteiger partial charge in [-0.2, -0.15) is 0 Å². The highest BCUT2D eigenvalue weighted by Gasteiger charge is 1.90. The molecule has 0 radical (unpaired) electrons. The average molecular weight is 163 g/mol.